The third-order valence-electron chi connectivity index (χ3n) is 2.71. The predicted octanol–water partition coefficient (Wildman–Crippen LogP) is 1.11. The number of ether oxygens (including phenoxy) is 1. The van der Waals surface area contributed by atoms with Crippen molar-refractivity contribution in [2.24, 2.45) is 0 Å². The van der Waals surface area contributed by atoms with Crippen LogP contribution in [-0.2, 0) is 9.53 Å². The van der Waals surface area contributed by atoms with Crippen LogP contribution in [0.15, 0.2) is 24.3 Å². The van der Waals surface area contributed by atoms with Gasteiger partial charge in [-0.1, -0.05) is 13.2 Å². The van der Waals surface area contributed by atoms with Crippen LogP contribution >= 0.6 is 0 Å². The van der Waals surface area contributed by atoms with Gasteiger partial charge < -0.3 is 9.84 Å². The third kappa shape index (κ3) is 0.623. The molecule has 3 nitrogen and oxygen atoms in total. The molecule has 2 rings (SSSR count). The van der Waals surface area contributed by atoms with Crippen LogP contribution in [0.3, 0.4) is 0 Å². The standard InChI is InChI=1S/C9H10O3/c1-5-6(2)9(8(10)11)4-3-7(5)12-9/h7H,1-4H2,(H,10,11). The summed E-state index contributed by atoms with van der Waals surface area (Å²) in [4.78, 5) is 10.9. The van der Waals surface area contributed by atoms with Crippen LogP contribution in [0.4, 0.5) is 0 Å². The molecule has 64 valence electrons. The molecule has 2 unspecified atom stereocenters. The van der Waals surface area contributed by atoms with Crippen molar-refractivity contribution in [1.29, 1.82) is 0 Å². The summed E-state index contributed by atoms with van der Waals surface area (Å²) in [5, 5.41) is 8.95. The Bertz CT molecular complexity index is 292. The van der Waals surface area contributed by atoms with Gasteiger partial charge in [-0.3, -0.25) is 0 Å². The van der Waals surface area contributed by atoms with E-state index in [9.17, 15) is 4.79 Å². The van der Waals surface area contributed by atoms with E-state index >= 15 is 0 Å². The van der Waals surface area contributed by atoms with Crippen molar-refractivity contribution < 1.29 is 14.6 Å². The lowest BCUT2D eigenvalue weighted by molar-refractivity contribution is -0.154. The minimum Gasteiger partial charge on any atom is -0.479 e. The third-order valence-corrected chi connectivity index (χ3v) is 2.71. The van der Waals surface area contributed by atoms with Crippen molar-refractivity contribution in [3.63, 3.8) is 0 Å². The van der Waals surface area contributed by atoms with Crippen LogP contribution in [-0.4, -0.2) is 22.8 Å². The SMILES string of the molecule is C=C1C(=C)C2(C(=O)O)CCC1O2. The summed E-state index contributed by atoms with van der Waals surface area (Å²) < 4.78 is 5.35. The van der Waals surface area contributed by atoms with Crippen LogP contribution in [0, 0.1) is 0 Å². The molecule has 2 bridgehead atoms. The van der Waals surface area contributed by atoms with E-state index in [2.05, 4.69) is 13.2 Å². The molecule has 0 aliphatic carbocycles. The highest BCUT2D eigenvalue weighted by atomic mass is 16.5. The Hall–Kier alpha value is -1.09. The number of hydrogen-bond acceptors (Lipinski definition) is 2. The fourth-order valence-corrected chi connectivity index (χ4v) is 1.90. The minimum atomic E-state index is -1.14. The van der Waals surface area contributed by atoms with Gasteiger partial charge in [0.15, 0.2) is 5.60 Å². The fourth-order valence-electron chi connectivity index (χ4n) is 1.90. The molecule has 0 saturated carbocycles. The molecular formula is C9H10O3. The van der Waals surface area contributed by atoms with Crippen molar-refractivity contribution in [2.75, 3.05) is 0 Å². The quantitative estimate of drug-likeness (QED) is 0.634. The fraction of sp³-hybridized carbons (Fsp3) is 0.444. The number of carbonyl (C=O) groups is 1. The Morgan fingerprint density at radius 3 is 2.67 bits per heavy atom. The number of hydrogen-bond donors (Lipinski definition) is 1. The Labute approximate surface area is 70.3 Å². The lowest BCUT2D eigenvalue weighted by atomic mass is 9.82. The average Bonchev–Trinajstić information content (AvgIpc) is 2.53. The van der Waals surface area contributed by atoms with Crippen LogP contribution < -0.4 is 0 Å². The van der Waals surface area contributed by atoms with Gasteiger partial charge in [0.05, 0.1) is 6.10 Å². The number of aliphatic carboxylic acids is 1. The van der Waals surface area contributed by atoms with Crippen LogP contribution in [0.2, 0.25) is 0 Å². The highest BCUT2D eigenvalue weighted by molar-refractivity contribution is 5.85. The molecule has 3 heteroatoms. The minimum absolute atomic E-state index is 0.103. The smallest absolute Gasteiger partial charge is 0.340 e. The van der Waals surface area contributed by atoms with Crippen LogP contribution in [0.25, 0.3) is 0 Å². The van der Waals surface area contributed by atoms with Gasteiger partial charge in [0.25, 0.3) is 0 Å². The summed E-state index contributed by atoms with van der Waals surface area (Å²) in [7, 11) is 0. The summed E-state index contributed by atoms with van der Waals surface area (Å²) >= 11 is 0. The summed E-state index contributed by atoms with van der Waals surface area (Å²) in [6.45, 7) is 7.46. The van der Waals surface area contributed by atoms with E-state index in [1.807, 2.05) is 0 Å². The Morgan fingerprint density at radius 2 is 2.33 bits per heavy atom. The summed E-state index contributed by atoms with van der Waals surface area (Å²) in [6.07, 6.45) is 1.18. The molecule has 2 aliphatic heterocycles. The van der Waals surface area contributed by atoms with Crippen molar-refractivity contribution >= 4 is 5.97 Å². The maximum Gasteiger partial charge on any atom is 0.340 e. The molecule has 0 aromatic heterocycles. The van der Waals surface area contributed by atoms with Crippen LogP contribution in [0.1, 0.15) is 12.8 Å². The second-order valence-electron chi connectivity index (χ2n) is 3.28. The molecule has 0 aromatic carbocycles. The first-order valence-electron chi connectivity index (χ1n) is 3.88. The topological polar surface area (TPSA) is 46.5 Å². The van der Waals surface area contributed by atoms with Crippen molar-refractivity contribution in [3.8, 4) is 0 Å². The zero-order valence-corrected chi connectivity index (χ0v) is 6.67. The molecule has 2 atom stereocenters. The van der Waals surface area contributed by atoms with Gasteiger partial charge in [0, 0.05) is 0 Å². The molecule has 0 aromatic rings. The van der Waals surface area contributed by atoms with E-state index in [0.29, 0.717) is 12.0 Å². The maximum absolute atomic E-state index is 10.9. The van der Waals surface area contributed by atoms with E-state index in [1.165, 1.54) is 0 Å². The van der Waals surface area contributed by atoms with Gasteiger partial charge in [0.1, 0.15) is 0 Å². The number of rotatable bonds is 1. The largest absolute Gasteiger partial charge is 0.479 e. The molecular weight excluding hydrogens is 156 g/mol. The number of carboxylic acids is 1. The van der Waals surface area contributed by atoms with E-state index < -0.39 is 11.6 Å². The zero-order chi connectivity index (χ0) is 8.93. The lowest BCUT2D eigenvalue weighted by Gasteiger charge is -2.21. The van der Waals surface area contributed by atoms with Gasteiger partial charge in [-0.05, 0) is 24.0 Å². The predicted molar refractivity (Wildman–Crippen MR) is 42.8 cm³/mol. The van der Waals surface area contributed by atoms with Gasteiger partial charge >= 0.3 is 5.97 Å². The van der Waals surface area contributed by atoms with Crippen molar-refractivity contribution in [2.45, 2.75) is 24.5 Å². The first-order chi connectivity index (χ1) is 5.58. The average molecular weight is 166 g/mol. The van der Waals surface area contributed by atoms with Gasteiger partial charge in [-0.25, -0.2) is 4.79 Å². The number of carboxylic acid groups (broad SMARTS) is 1. The summed E-state index contributed by atoms with van der Waals surface area (Å²) in [6, 6.07) is 0. The Balaban J connectivity index is 2.46. The zero-order valence-electron chi connectivity index (χ0n) is 6.67. The normalized spacial score (nSPS) is 39.2. The van der Waals surface area contributed by atoms with E-state index in [4.69, 9.17) is 9.84 Å². The summed E-state index contributed by atoms with van der Waals surface area (Å²) in [5.74, 6) is -0.936. The lowest BCUT2D eigenvalue weighted by Crippen LogP contribution is -2.37. The van der Waals surface area contributed by atoms with E-state index in [-0.39, 0.29) is 6.10 Å². The molecule has 2 fully saturated rings. The molecule has 1 N–H and O–H groups in total. The molecule has 0 amide bonds. The molecule has 12 heavy (non-hydrogen) atoms. The second-order valence-corrected chi connectivity index (χ2v) is 3.28. The molecule has 2 saturated heterocycles. The molecule has 0 radical (unpaired) electrons. The maximum atomic E-state index is 10.9. The highest BCUT2D eigenvalue weighted by Crippen LogP contribution is 2.49. The van der Waals surface area contributed by atoms with E-state index in [0.717, 1.165) is 12.0 Å². The highest BCUT2D eigenvalue weighted by Gasteiger charge is 2.56. The molecule has 2 aliphatic rings. The van der Waals surface area contributed by atoms with Crippen molar-refractivity contribution in [1.82, 2.24) is 0 Å². The molecule has 0 spiro atoms. The van der Waals surface area contributed by atoms with Gasteiger partial charge in [-0.15, -0.1) is 0 Å². The van der Waals surface area contributed by atoms with Crippen molar-refractivity contribution in [3.05, 3.63) is 24.3 Å². The Kier molecular flexibility index (Phi) is 1.25. The van der Waals surface area contributed by atoms with E-state index in [1.54, 1.807) is 0 Å². The summed E-state index contributed by atoms with van der Waals surface area (Å²) in [5.41, 5.74) is 0.164. The molecule has 2 heterocycles. The monoisotopic (exact) mass is 166 g/mol. The number of fused-ring (bicyclic) bond motifs is 2. The first-order valence-corrected chi connectivity index (χ1v) is 3.88. The second kappa shape index (κ2) is 1.98. The van der Waals surface area contributed by atoms with Gasteiger partial charge in [-0.2, -0.15) is 0 Å². The van der Waals surface area contributed by atoms with Gasteiger partial charge in [0.2, 0.25) is 0 Å². The Morgan fingerprint density at radius 1 is 1.67 bits per heavy atom. The first kappa shape index (κ1) is 7.55. The van der Waals surface area contributed by atoms with Crippen LogP contribution in [0.5, 0.6) is 0 Å².